The van der Waals surface area contributed by atoms with Gasteiger partial charge in [0.25, 0.3) is 0 Å². The molecule has 35 nitrogen and oxygen atoms in total. The standard InChI is InChI=1S/C93H114N16O19S3/c1-8-9-29-73-93(128)109-53-131-50-77(109)88(123)102-69(45-80(114)115)82(117)97-55(4)89(124)106(6)74(42-57-23-15-11-16-24-57)86(121)103-71(41-60-32-36-63(111)37-33-60)91(126)108-52-130-49-76(108)87(122)101-68(44-61-46-95-65-28-20-19-27-64(61)65)85(120)100-67(39-59-30-34-62(110)35-31-59)84(119)99-66(38-54(2)3)83(118)104-72(81(116)96-47-78(94)112)48-129-51-79(113)98-70(40-56-21-13-10-14-22-56)90(125)107(7)75(92(127)105(73)5)43-58-25-17-12-18-26-58/h10-28,30-37,46,54-55,66-77,95,110-111H,8-9,29,38-45,47-53H2,1-7H3,(H2,94,112)(H,96,116)(H,97,117)(H,98,113)(H,99,119)(H,100,120)(H,101,122)(H,102,123)(H,103,121)(H,104,118)(H,114,115)/t55-,66-,67-,68-,69-,70-,71-,72-,73-,74-,75-,76+,77+/m0/s1. The number of hydrogen-bond donors (Lipinski definition) is 14. The van der Waals surface area contributed by atoms with E-state index in [0.717, 1.165) is 16.7 Å². The van der Waals surface area contributed by atoms with Crippen LogP contribution in [0.25, 0.3) is 10.9 Å². The van der Waals surface area contributed by atoms with Crippen LogP contribution in [0.4, 0.5) is 0 Å². The number of unbranched alkanes of at least 4 members (excludes halogenated alkanes) is 1. The predicted molar refractivity (Wildman–Crippen MR) is 494 cm³/mol. The highest BCUT2D eigenvalue weighted by atomic mass is 32.2. The predicted octanol–water partition coefficient (Wildman–Crippen LogP) is 2.58. The molecule has 10 rings (SSSR count). The van der Waals surface area contributed by atoms with E-state index in [1.54, 1.807) is 135 Å². The van der Waals surface area contributed by atoms with Gasteiger partial charge in [0.2, 0.25) is 88.6 Å². The topological polar surface area (TPSA) is 500 Å². The number of aromatic hydroxyl groups is 2. The molecule has 3 aliphatic rings. The van der Waals surface area contributed by atoms with Crippen molar-refractivity contribution in [3.05, 3.63) is 203 Å². The van der Waals surface area contributed by atoms with Crippen LogP contribution in [0.2, 0.25) is 0 Å². The lowest BCUT2D eigenvalue weighted by atomic mass is 9.99. The van der Waals surface area contributed by atoms with E-state index in [2.05, 4.69) is 52.8 Å². The first-order valence-electron chi connectivity index (χ1n) is 43.2. The second-order valence-corrected chi connectivity index (χ2v) is 36.2. The van der Waals surface area contributed by atoms with E-state index in [1.165, 1.54) is 120 Å². The zero-order valence-electron chi connectivity index (χ0n) is 73.9. The number of aliphatic carboxylic acids is 1. The molecule has 0 unspecified atom stereocenters. The summed E-state index contributed by atoms with van der Waals surface area (Å²) in [7, 11) is 4.06. The zero-order valence-corrected chi connectivity index (χ0v) is 76.3. The van der Waals surface area contributed by atoms with E-state index >= 15 is 47.9 Å². The second-order valence-electron chi connectivity index (χ2n) is 33.2. The molecule has 0 bridgehead atoms. The second kappa shape index (κ2) is 48.1. The van der Waals surface area contributed by atoms with Crippen LogP contribution in [-0.4, -0.2) is 280 Å². The van der Waals surface area contributed by atoms with Crippen molar-refractivity contribution >= 4 is 141 Å². The Morgan fingerprint density at radius 1 is 0.458 bits per heavy atom. The molecule has 0 spiro atoms. The highest BCUT2D eigenvalue weighted by Gasteiger charge is 2.46. The summed E-state index contributed by atoms with van der Waals surface area (Å²) < 4.78 is 0. The molecule has 3 aliphatic heterocycles. The van der Waals surface area contributed by atoms with Crippen molar-refractivity contribution < 1.29 is 92.0 Å². The number of aromatic nitrogens is 1. The maximum Gasteiger partial charge on any atom is 0.305 e. The van der Waals surface area contributed by atoms with E-state index in [1.807, 2.05) is 6.92 Å². The smallest absolute Gasteiger partial charge is 0.305 e. The number of fused-ring (bicyclic) bond motifs is 3. The monoisotopic (exact) mass is 1850 g/mol. The van der Waals surface area contributed by atoms with Crippen LogP contribution >= 0.6 is 35.3 Å². The van der Waals surface area contributed by atoms with Crippen LogP contribution in [0.15, 0.2) is 170 Å². The summed E-state index contributed by atoms with van der Waals surface area (Å²) >= 11 is 3.18. The molecule has 0 saturated carbocycles. The number of para-hydroxylation sites is 1. The van der Waals surface area contributed by atoms with Crippen LogP contribution < -0.4 is 53.6 Å². The Bertz CT molecular complexity index is 5220. The summed E-state index contributed by atoms with van der Waals surface area (Å²) in [6.45, 7) is 5.96. The fourth-order valence-corrected chi connectivity index (χ4v) is 18.9. The summed E-state index contributed by atoms with van der Waals surface area (Å²) in [6.07, 6.45) is 0.234. The van der Waals surface area contributed by atoms with Crippen LogP contribution in [0.3, 0.4) is 0 Å². The van der Waals surface area contributed by atoms with E-state index < -0.39 is 192 Å². The highest BCUT2D eigenvalue weighted by Crippen LogP contribution is 2.30. The zero-order chi connectivity index (χ0) is 94.7. The number of phenols is 2. The minimum absolute atomic E-state index is 0.0495. The van der Waals surface area contributed by atoms with Gasteiger partial charge in [0.05, 0.1) is 30.5 Å². The Kier molecular flexibility index (Phi) is 36.8. The van der Waals surface area contributed by atoms with Gasteiger partial charge < -0.3 is 98.4 Å². The molecule has 6 aromatic carbocycles. The number of carboxylic acids is 1. The van der Waals surface area contributed by atoms with Gasteiger partial charge in [-0.05, 0) is 89.4 Å². The lowest BCUT2D eigenvalue weighted by Crippen LogP contribution is -2.61. The first-order valence-corrected chi connectivity index (χ1v) is 46.7. The summed E-state index contributed by atoms with van der Waals surface area (Å²) in [4.78, 5) is 246. The minimum Gasteiger partial charge on any atom is -0.508 e. The molecular weight excluding hydrogens is 1740 g/mol. The van der Waals surface area contributed by atoms with Crippen LogP contribution in [0, 0.1) is 5.92 Å². The fourth-order valence-electron chi connectivity index (χ4n) is 15.7. The van der Waals surface area contributed by atoms with E-state index in [0.29, 0.717) is 57.1 Å². The number of likely N-dealkylation sites (N-methyl/N-ethyl adjacent to an activating group) is 3. The lowest BCUT2D eigenvalue weighted by Gasteiger charge is -2.37. The average molecular weight is 1860 g/mol. The molecule has 698 valence electrons. The number of benzene rings is 6. The van der Waals surface area contributed by atoms with Crippen molar-refractivity contribution in [2.24, 2.45) is 11.7 Å². The van der Waals surface area contributed by atoms with Crippen molar-refractivity contribution in [1.82, 2.24) is 77.3 Å². The summed E-state index contributed by atoms with van der Waals surface area (Å²) in [5.41, 5.74) is 9.21. The molecule has 131 heavy (non-hydrogen) atoms. The van der Waals surface area contributed by atoms with Crippen molar-refractivity contribution in [3.8, 4) is 11.5 Å². The van der Waals surface area contributed by atoms with Crippen molar-refractivity contribution in [1.29, 1.82) is 0 Å². The van der Waals surface area contributed by atoms with Crippen molar-refractivity contribution in [2.45, 2.75) is 177 Å². The van der Waals surface area contributed by atoms with Gasteiger partial charge in [-0.3, -0.25) is 76.7 Å². The molecule has 38 heteroatoms. The number of thioether (sulfide) groups is 3. The Hall–Kier alpha value is -13.0. The molecule has 3 saturated heterocycles. The fraction of sp³-hybridized carbons (Fsp3) is 0.419. The van der Waals surface area contributed by atoms with Gasteiger partial charge in [-0.15, -0.1) is 35.3 Å². The summed E-state index contributed by atoms with van der Waals surface area (Å²) in [5.74, 6) is -16.5. The van der Waals surface area contributed by atoms with Gasteiger partial charge in [0.1, 0.15) is 90.0 Å². The molecular formula is C93H114N16O19S3. The summed E-state index contributed by atoms with van der Waals surface area (Å²) in [6, 6.07) is 24.9. The van der Waals surface area contributed by atoms with E-state index in [-0.39, 0.29) is 97.8 Å². The molecule has 3 fully saturated rings. The van der Waals surface area contributed by atoms with Crippen LogP contribution in [0.1, 0.15) is 93.2 Å². The number of nitrogens with one attached hydrogen (secondary N) is 10. The highest BCUT2D eigenvalue weighted by molar-refractivity contribution is 8.00. The van der Waals surface area contributed by atoms with E-state index in [9.17, 15) is 44.1 Å². The van der Waals surface area contributed by atoms with Gasteiger partial charge in [-0.2, -0.15) is 0 Å². The minimum atomic E-state index is -1.89. The first-order chi connectivity index (χ1) is 62.6. The number of primary amides is 1. The number of nitrogens with two attached hydrogens (primary N) is 1. The Balaban J connectivity index is 1.04. The number of rotatable bonds is 22. The number of phenolic OH excluding ortho intramolecular Hbond substituents is 2. The van der Waals surface area contributed by atoms with Crippen molar-refractivity contribution in [3.63, 3.8) is 0 Å². The maximum absolute atomic E-state index is 15.7. The number of aromatic amines is 1. The van der Waals surface area contributed by atoms with Crippen LogP contribution in [-0.2, 0) is 115 Å². The lowest BCUT2D eigenvalue weighted by molar-refractivity contribution is -0.152. The molecule has 4 heterocycles. The van der Waals surface area contributed by atoms with Crippen LogP contribution in [0.5, 0.6) is 11.5 Å². The average Bonchev–Trinajstić information content (AvgIpc) is 1.73. The van der Waals surface area contributed by atoms with E-state index in [4.69, 9.17) is 5.73 Å². The largest absolute Gasteiger partial charge is 0.508 e. The van der Waals surface area contributed by atoms with Gasteiger partial charge in [0.15, 0.2) is 0 Å². The maximum atomic E-state index is 15.7. The third-order valence-corrected chi connectivity index (χ3v) is 26.0. The van der Waals surface area contributed by atoms with Crippen molar-refractivity contribution in [2.75, 3.05) is 62.5 Å². The SMILES string of the molecule is CCCC[C@H]1C(=O)N2CSC[C@@H]2C(=O)N[C@@H](CC(=O)O)C(=O)N[C@@H](C)C(=O)N(C)[C@@H](Cc2ccccc2)C(=O)N[C@@H](Cc2ccc(O)cc2)C(=O)N2CSC[C@@H]2C(=O)N[C@@H](Cc2c[nH]c3ccccc23)C(=O)N[C@@H](Cc2ccc(O)cc2)C(=O)N[C@@H](CC(C)C)C(=O)N[C@H](C(=O)NCC(N)=O)CSCC(=O)N[C@@H](Cc2ccccc2)C(=O)N(C)[C@@H](Cc2ccccc2)C(=O)N1C. The van der Waals surface area contributed by atoms with Gasteiger partial charge in [-0.1, -0.05) is 167 Å². The number of carboxylic acid groups (broad SMARTS) is 1. The molecule has 0 aliphatic carbocycles. The number of hydrogen-bond acceptors (Lipinski definition) is 21. The molecule has 7 aromatic rings. The number of nitrogens with zero attached hydrogens (tertiary/aromatic N) is 5. The molecule has 15 amide bonds. The summed E-state index contributed by atoms with van der Waals surface area (Å²) in [5, 5.41) is 56.1. The molecule has 0 radical (unpaired) electrons. The number of carbonyl (C=O) groups excluding carboxylic acids is 15. The van der Waals surface area contributed by atoms with Gasteiger partial charge in [-0.25, -0.2) is 0 Å². The third-order valence-electron chi connectivity index (χ3n) is 22.9. The van der Waals surface area contributed by atoms with Gasteiger partial charge >= 0.3 is 5.97 Å². The molecule has 1 aromatic heterocycles. The number of amides is 15. The third kappa shape index (κ3) is 28.3. The molecule has 13 atom stereocenters. The quantitative estimate of drug-likeness (QED) is 0.0464. The number of carbonyl (C=O) groups is 16. The Labute approximate surface area is 771 Å². The van der Waals surface area contributed by atoms with Gasteiger partial charge in [0, 0.05) is 94.0 Å². The Morgan fingerprint density at radius 3 is 1.46 bits per heavy atom. The normalized spacial score (nSPS) is 23.7. The Morgan fingerprint density at radius 2 is 0.908 bits per heavy atom. The first kappa shape index (κ1) is 100. The molecule has 15 N–H and O–H groups in total. The number of H-pyrrole nitrogens is 1.